The van der Waals surface area contributed by atoms with Gasteiger partial charge >= 0.3 is 47.6 Å². The van der Waals surface area contributed by atoms with Gasteiger partial charge in [0.05, 0.1) is 0 Å². The van der Waals surface area contributed by atoms with Gasteiger partial charge in [-0.1, -0.05) is 167 Å². The van der Waals surface area contributed by atoms with Crippen molar-refractivity contribution in [3.63, 3.8) is 0 Å². The van der Waals surface area contributed by atoms with Crippen LogP contribution in [0.2, 0.25) is 0 Å². The van der Waals surface area contributed by atoms with Crippen molar-refractivity contribution in [2.45, 2.75) is 228 Å². The molecule has 17 heteroatoms. The van der Waals surface area contributed by atoms with Crippen molar-refractivity contribution >= 4 is 0 Å². The molecule has 0 aliphatic rings. The molecule has 0 radical (unpaired) electrons. The summed E-state index contributed by atoms with van der Waals surface area (Å²) in [5.41, 5.74) is 0. The summed E-state index contributed by atoms with van der Waals surface area (Å²) >= 11 is 0. The number of rotatable bonds is 33. The van der Waals surface area contributed by atoms with Crippen LogP contribution in [0.1, 0.15) is 180 Å². The maximum absolute atomic E-state index is 14.0. The lowest BCUT2D eigenvalue weighted by molar-refractivity contribution is -0.461. The summed E-state index contributed by atoms with van der Waals surface area (Å²) in [6.07, 6.45) is 14.9. The Morgan fingerprint density at radius 2 is 0.415 bits per heavy atom. The van der Waals surface area contributed by atoms with Crippen LogP contribution >= 0.6 is 0 Å². The average Bonchev–Trinajstić information content (AvgIpc) is 3.05. The van der Waals surface area contributed by atoms with E-state index in [4.69, 9.17) is 0 Å². The molecule has 0 fully saturated rings. The van der Waals surface area contributed by atoms with Crippen molar-refractivity contribution in [3.8, 4) is 0 Å². The van der Waals surface area contributed by atoms with Gasteiger partial charge in [0.15, 0.2) is 0 Å². The molecule has 0 atom stereocenters. The zero-order valence-electron chi connectivity index (χ0n) is 30.5. The second-order valence-electron chi connectivity index (χ2n) is 14.2. The molecule has 0 aromatic heterocycles. The van der Waals surface area contributed by atoms with E-state index in [0.29, 0.717) is 12.8 Å². The summed E-state index contributed by atoms with van der Waals surface area (Å²) in [7, 11) is 0. The lowest BCUT2D eigenvalue weighted by Gasteiger charge is -2.42. The standard InChI is InChI=1S/C36H57F17/c1-2-3-4-5-6-7-8-9-10-11-12-13-14-15-16-17-18-19-20-21-22-23-24-25-26-27-28-29(37,38)30(39,40)31(41,42)32(43,44)33(45,46)34(47,48)35(49,50)36(51,52)53/h2-28H2,1H3. The molecule has 0 bridgehead atoms. The normalized spacial score (nSPS) is 14.4. The highest BCUT2D eigenvalue weighted by Gasteiger charge is 2.95. The highest BCUT2D eigenvalue weighted by atomic mass is 19.4. The van der Waals surface area contributed by atoms with Crippen LogP contribution in [0, 0.1) is 0 Å². The fourth-order valence-electron chi connectivity index (χ4n) is 6.02. The fraction of sp³-hybridized carbons (Fsp3) is 1.00. The third-order valence-corrected chi connectivity index (χ3v) is 9.63. The molecule has 0 aliphatic carbocycles. The van der Waals surface area contributed by atoms with E-state index in [0.717, 1.165) is 38.5 Å². The lowest BCUT2D eigenvalue weighted by Crippen LogP contribution is -2.74. The van der Waals surface area contributed by atoms with Crippen molar-refractivity contribution < 1.29 is 74.6 Å². The first-order valence-corrected chi connectivity index (χ1v) is 19.0. The number of hydrogen-bond donors (Lipinski definition) is 0. The molecule has 53 heavy (non-hydrogen) atoms. The molecule has 0 heterocycles. The summed E-state index contributed by atoms with van der Waals surface area (Å²) < 4.78 is 227. The highest BCUT2D eigenvalue weighted by Crippen LogP contribution is 2.64. The van der Waals surface area contributed by atoms with Crippen LogP contribution in [-0.4, -0.2) is 47.6 Å². The quantitative estimate of drug-likeness (QED) is 0.0457. The van der Waals surface area contributed by atoms with Gasteiger partial charge in [-0.05, 0) is 6.42 Å². The number of hydrogen-bond acceptors (Lipinski definition) is 0. The minimum absolute atomic E-state index is 0.101. The van der Waals surface area contributed by atoms with Crippen LogP contribution in [0.15, 0.2) is 0 Å². The first-order chi connectivity index (χ1) is 24.3. The maximum atomic E-state index is 14.0. The number of alkyl halides is 17. The molecular formula is C36H57F17. The number of unbranched alkanes of at least 4 members (excludes halogenated alkanes) is 25. The molecule has 0 nitrogen and oxygen atoms in total. The number of halogens is 17. The molecule has 0 unspecified atom stereocenters. The average molecular weight is 813 g/mol. The third-order valence-electron chi connectivity index (χ3n) is 9.63. The van der Waals surface area contributed by atoms with E-state index in [1.165, 1.54) is 96.3 Å². The SMILES string of the molecule is CCCCCCCCCCCCCCCCCCCCCCCCCCCCC(F)(F)C(F)(F)C(F)(F)C(F)(F)C(F)(F)C(F)(F)C(F)(F)C(F)(F)F. The first-order valence-electron chi connectivity index (χ1n) is 19.0. The van der Waals surface area contributed by atoms with E-state index in [1.807, 2.05) is 0 Å². The van der Waals surface area contributed by atoms with Crippen LogP contribution in [0.4, 0.5) is 74.6 Å². The van der Waals surface area contributed by atoms with E-state index < -0.39 is 60.5 Å². The van der Waals surface area contributed by atoms with Crippen molar-refractivity contribution in [1.29, 1.82) is 0 Å². The smallest absolute Gasteiger partial charge is 0.200 e. The van der Waals surface area contributed by atoms with Gasteiger partial charge in [0.25, 0.3) is 0 Å². The van der Waals surface area contributed by atoms with Gasteiger partial charge < -0.3 is 0 Å². The van der Waals surface area contributed by atoms with E-state index in [-0.39, 0.29) is 12.8 Å². The Morgan fingerprint density at radius 3 is 0.642 bits per heavy atom. The molecule has 0 aromatic carbocycles. The van der Waals surface area contributed by atoms with Crippen molar-refractivity contribution in [2.75, 3.05) is 0 Å². The zero-order valence-corrected chi connectivity index (χ0v) is 30.5. The van der Waals surface area contributed by atoms with Gasteiger partial charge in [0.1, 0.15) is 0 Å². The van der Waals surface area contributed by atoms with Crippen molar-refractivity contribution in [2.24, 2.45) is 0 Å². The largest absolute Gasteiger partial charge is 0.460 e. The second kappa shape index (κ2) is 23.1. The van der Waals surface area contributed by atoms with Gasteiger partial charge in [-0.25, -0.2) is 0 Å². The van der Waals surface area contributed by atoms with Crippen LogP contribution in [0.25, 0.3) is 0 Å². The van der Waals surface area contributed by atoms with Crippen molar-refractivity contribution in [1.82, 2.24) is 0 Å². The Hall–Kier alpha value is -1.19. The first kappa shape index (κ1) is 51.8. The summed E-state index contributed by atoms with van der Waals surface area (Å²) in [6, 6.07) is 0. The lowest BCUT2D eigenvalue weighted by atomic mass is 9.87. The summed E-state index contributed by atoms with van der Waals surface area (Å²) in [5.74, 6) is -55.7. The van der Waals surface area contributed by atoms with Gasteiger partial charge in [-0.15, -0.1) is 0 Å². The molecule has 0 amide bonds. The molecular weight excluding hydrogens is 755 g/mol. The predicted octanol–water partition coefficient (Wildman–Crippen LogP) is 16.5. The van der Waals surface area contributed by atoms with Crippen LogP contribution in [0.5, 0.6) is 0 Å². The summed E-state index contributed by atoms with van der Waals surface area (Å²) in [6.45, 7) is 2.22. The predicted molar refractivity (Wildman–Crippen MR) is 171 cm³/mol. The van der Waals surface area contributed by atoms with Gasteiger partial charge in [-0.2, -0.15) is 74.6 Å². The monoisotopic (exact) mass is 812 g/mol. The van der Waals surface area contributed by atoms with Gasteiger partial charge in [-0.3, -0.25) is 0 Å². The Morgan fingerprint density at radius 1 is 0.226 bits per heavy atom. The zero-order chi connectivity index (χ0) is 41.1. The molecule has 0 aromatic rings. The van der Waals surface area contributed by atoms with Crippen LogP contribution in [0.3, 0.4) is 0 Å². The molecule has 0 saturated carbocycles. The molecule has 0 spiro atoms. The molecule has 0 N–H and O–H groups in total. The fourth-order valence-corrected chi connectivity index (χ4v) is 6.02. The minimum Gasteiger partial charge on any atom is -0.200 e. The topological polar surface area (TPSA) is 0 Å². The molecule has 0 saturated heterocycles. The Kier molecular flexibility index (Phi) is 22.6. The third kappa shape index (κ3) is 14.7. The Balaban J connectivity index is 4.25. The molecule has 0 rings (SSSR count). The molecule has 0 aliphatic heterocycles. The van der Waals surface area contributed by atoms with E-state index in [1.54, 1.807) is 0 Å². The Labute approximate surface area is 302 Å². The van der Waals surface area contributed by atoms with E-state index >= 15 is 0 Å². The van der Waals surface area contributed by atoms with Gasteiger partial charge in [0, 0.05) is 6.42 Å². The summed E-state index contributed by atoms with van der Waals surface area (Å²) in [5, 5.41) is 0. The Bertz CT molecular complexity index is 945. The van der Waals surface area contributed by atoms with E-state index in [2.05, 4.69) is 6.92 Å². The maximum Gasteiger partial charge on any atom is 0.460 e. The second-order valence-corrected chi connectivity index (χ2v) is 14.2. The molecule has 320 valence electrons. The van der Waals surface area contributed by atoms with E-state index in [9.17, 15) is 74.6 Å². The van der Waals surface area contributed by atoms with Crippen molar-refractivity contribution in [3.05, 3.63) is 0 Å². The summed E-state index contributed by atoms with van der Waals surface area (Å²) in [4.78, 5) is 0. The van der Waals surface area contributed by atoms with Crippen LogP contribution in [-0.2, 0) is 0 Å². The minimum atomic E-state index is -8.58. The van der Waals surface area contributed by atoms with Crippen LogP contribution < -0.4 is 0 Å². The highest BCUT2D eigenvalue weighted by molar-refractivity contribution is 5.15. The van der Waals surface area contributed by atoms with Gasteiger partial charge in [0.2, 0.25) is 0 Å².